The molecule has 0 saturated heterocycles. The molecule has 0 aliphatic carbocycles. The Morgan fingerprint density at radius 1 is 1.41 bits per heavy atom. The molecule has 0 unspecified atom stereocenters. The van der Waals surface area contributed by atoms with E-state index in [-0.39, 0.29) is 17.9 Å². The molecule has 0 bridgehead atoms. The van der Waals surface area contributed by atoms with E-state index in [9.17, 15) is 8.78 Å². The van der Waals surface area contributed by atoms with Gasteiger partial charge in [0, 0.05) is 0 Å². The number of alkyl halides is 2. The van der Waals surface area contributed by atoms with E-state index in [0.717, 1.165) is 0 Å². The normalized spacial score (nSPS) is 11.3. The van der Waals surface area contributed by atoms with Gasteiger partial charge in [-0.3, -0.25) is 0 Å². The second kappa shape index (κ2) is 5.53. The molecular formula is C8H13F2N5O2. The molecule has 0 aliphatic heterocycles. The molecule has 0 amide bonds. The average Bonchev–Trinajstić information content (AvgIpc) is 2.26. The van der Waals surface area contributed by atoms with Crippen LogP contribution in [0.3, 0.4) is 0 Å². The molecule has 0 saturated carbocycles. The van der Waals surface area contributed by atoms with Gasteiger partial charge in [0.1, 0.15) is 6.61 Å². The van der Waals surface area contributed by atoms with E-state index in [0.29, 0.717) is 6.61 Å². The maximum atomic E-state index is 12.7. The molecule has 96 valence electrons. The number of nitrogens with zero attached hydrogens (tertiary/aromatic N) is 3. The summed E-state index contributed by atoms with van der Waals surface area (Å²) in [5.41, 5.74) is 5.34. The third kappa shape index (κ3) is 4.31. The zero-order valence-electron chi connectivity index (χ0n) is 9.15. The summed E-state index contributed by atoms with van der Waals surface area (Å²) in [5, 5.41) is 10.6. The van der Waals surface area contributed by atoms with Gasteiger partial charge in [-0.2, -0.15) is 15.0 Å². The second-order valence-electron chi connectivity index (χ2n) is 3.10. The highest BCUT2D eigenvalue weighted by molar-refractivity contribution is 5.32. The molecule has 1 aromatic rings. The van der Waals surface area contributed by atoms with Crippen molar-refractivity contribution < 1.29 is 18.6 Å². The summed E-state index contributed by atoms with van der Waals surface area (Å²) in [7, 11) is 0. The number of nitrogens with one attached hydrogen (secondary N) is 1. The SMILES string of the molecule is CCOc1nc(N)nc(NCC(F)(F)CO)n1. The highest BCUT2D eigenvalue weighted by atomic mass is 19.3. The number of nitrogen functional groups attached to an aromatic ring is 1. The Bertz CT molecular complexity index is 377. The number of anilines is 2. The van der Waals surface area contributed by atoms with Gasteiger partial charge in [-0.25, -0.2) is 8.78 Å². The van der Waals surface area contributed by atoms with E-state index in [1.807, 2.05) is 0 Å². The topological polar surface area (TPSA) is 106 Å². The summed E-state index contributed by atoms with van der Waals surface area (Å²) in [6, 6.07) is -0.0465. The lowest BCUT2D eigenvalue weighted by molar-refractivity contribution is -0.0374. The molecular weight excluding hydrogens is 236 g/mol. The van der Waals surface area contributed by atoms with Crippen LogP contribution in [-0.4, -0.2) is 45.7 Å². The molecule has 0 atom stereocenters. The number of hydrogen-bond acceptors (Lipinski definition) is 7. The number of ether oxygens (including phenoxy) is 1. The molecule has 0 fully saturated rings. The van der Waals surface area contributed by atoms with Gasteiger partial charge >= 0.3 is 6.01 Å². The van der Waals surface area contributed by atoms with E-state index in [2.05, 4.69) is 20.3 Å². The van der Waals surface area contributed by atoms with Gasteiger partial charge in [0.15, 0.2) is 0 Å². The first-order valence-electron chi connectivity index (χ1n) is 4.84. The van der Waals surface area contributed by atoms with Crippen molar-refractivity contribution in [3.63, 3.8) is 0 Å². The van der Waals surface area contributed by atoms with Crippen LogP contribution in [0.1, 0.15) is 6.92 Å². The fraction of sp³-hybridized carbons (Fsp3) is 0.625. The molecule has 0 aliphatic rings. The molecule has 1 rings (SSSR count). The standard InChI is InChI=1S/C8H13F2N5O2/c1-2-17-7-14-5(11)13-6(15-7)12-3-8(9,10)4-16/h16H,2-4H2,1H3,(H3,11,12,13,14,15). The minimum Gasteiger partial charge on any atom is -0.464 e. The van der Waals surface area contributed by atoms with Crippen LogP contribution in [-0.2, 0) is 0 Å². The average molecular weight is 249 g/mol. The molecule has 0 radical (unpaired) electrons. The Hall–Kier alpha value is -1.77. The summed E-state index contributed by atoms with van der Waals surface area (Å²) < 4.78 is 30.4. The van der Waals surface area contributed by atoms with Gasteiger partial charge in [-0.1, -0.05) is 0 Å². The van der Waals surface area contributed by atoms with Crippen molar-refractivity contribution in [3.8, 4) is 6.01 Å². The Morgan fingerprint density at radius 3 is 2.71 bits per heavy atom. The van der Waals surface area contributed by atoms with Crippen LogP contribution in [0.25, 0.3) is 0 Å². The van der Waals surface area contributed by atoms with Crippen molar-refractivity contribution in [2.24, 2.45) is 0 Å². The highest BCUT2D eigenvalue weighted by Crippen LogP contribution is 2.14. The van der Waals surface area contributed by atoms with Crippen molar-refractivity contribution in [1.82, 2.24) is 15.0 Å². The molecule has 0 aromatic carbocycles. The molecule has 1 aromatic heterocycles. The molecule has 0 spiro atoms. The molecule has 9 heteroatoms. The van der Waals surface area contributed by atoms with E-state index >= 15 is 0 Å². The van der Waals surface area contributed by atoms with Crippen LogP contribution >= 0.6 is 0 Å². The summed E-state index contributed by atoms with van der Waals surface area (Å²) in [4.78, 5) is 11.0. The smallest absolute Gasteiger partial charge is 0.323 e. The number of rotatable bonds is 6. The Balaban J connectivity index is 2.70. The van der Waals surface area contributed by atoms with E-state index < -0.39 is 19.1 Å². The van der Waals surface area contributed by atoms with Crippen molar-refractivity contribution in [3.05, 3.63) is 0 Å². The van der Waals surface area contributed by atoms with Crippen molar-refractivity contribution in [2.75, 3.05) is 30.8 Å². The maximum Gasteiger partial charge on any atom is 0.323 e. The summed E-state index contributed by atoms with van der Waals surface area (Å²) in [6.07, 6.45) is 0. The minimum atomic E-state index is -3.26. The fourth-order valence-electron chi connectivity index (χ4n) is 0.909. The molecule has 7 nitrogen and oxygen atoms in total. The van der Waals surface area contributed by atoms with E-state index in [1.165, 1.54) is 0 Å². The second-order valence-corrected chi connectivity index (χ2v) is 3.10. The predicted octanol–water partition coefficient (Wildman–Crippen LogP) is -0.108. The van der Waals surface area contributed by atoms with Crippen LogP contribution in [0.2, 0.25) is 0 Å². The summed E-state index contributed by atoms with van der Waals surface area (Å²) in [5.74, 6) is -3.53. The first-order chi connectivity index (χ1) is 7.96. The largest absolute Gasteiger partial charge is 0.464 e. The minimum absolute atomic E-state index is 0.0465. The third-order valence-electron chi connectivity index (χ3n) is 1.64. The first-order valence-corrected chi connectivity index (χ1v) is 4.84. The van der Waals surface area contributed by atoms with Crippen LogP contribution in [0, 0.1) is 0 Å². The molecule has 4 N–H and O–H groups in total. The van der Waals surface area contributed by atoms with Gasteiger partial charge in [0.25, 0.3) is 5.92 Å². The van der Waals surface area contributed by atoms with Crippen LogP contribution in [0.5, 0.6) is 6.01 Å². The quantitative estimate of drug-likeness (QED) is 0.645. The van der Waals surface area contributed by atoms with Crippen LogP contribution in [0.4, 0.5) is 20.7 Å². The Labute approximate surface area is 96.0 Å². The lowest BCUT2D eigenvalue weighted by Crippen LogP contribution is -2.31. The van der Waals surface area contributed by atoms with Gasteiger partial charge in [0.2, 0.25) is 11.9 Å². The molecule has 17 heavy (non-hydrogen) atoms. The number of hydrogen-bond donors (Lipinski definition) is 3. The Morgan fingerprint density at radius 2 is 2.12 bits per heavy atom. The Kier molecular flexibility index (Phi) is 4.32. The lowest BCUT2D eigenvalue weighted by Gasteiger charge is -2.14. The van der Waals surface area contributed by atoms with Crippen molar-refractivity contribution >= 4 is 11.9 Å². The van der Waals surface area contributed by atoms with E-state index in [1.54, 1.807) is 6.92 Å². The lowest BCUT2D eigenvalue weighted by atomic mass is 10.3. The van der Waals surface area contributed by atoms with Crippen LogP contribution in [0.15, 0.2) is 0 Å². The number of aliphatic hydroxyl groups is 1. The summed E-state index contributed by atoms with van der Waals surface area (Å²) in [6.45, 7) is -0.0416. The van der Waals surface area contributed by atoms with Crippen molar-refractivity contribution in [1.29, 1.82) is 0 Å². The zero-order valence-corrected chi connectivity index (χ0v) is 9.15. The van der Waals surface area contributed by atoms with Crippen LogP contribution < -0.4 is 15.8 Å². The third-order valence-corrected chi connectivity index (χ3v) is 1.64. The zero-order chi connectivity index (χ0) is 12.9. The number of halogens is 2. The van der Waals surface area contributed by atoms with Gasteiger partial charge < -0.3 is 20.9 Å². The highest BCUT2D eigenvalue weighted by Gasteiger charge is 2.27. The maximum absolute atomic E-state index is 12.7. The summed E-state index contributed by atoms with van der Waals surface area (Å²) >= 11 is 0. The first kappa shape index (κ1) is 13.3. The number of aliphatic hydroxyl groups excluding tert-OH is 1. The van der Waals surface area contributed by atoms with E-state index in [4.69, 9.17) is 15.6 Å². The van der Waals surface area contributed by atoms with Gasteiger partial charge in [-0.15, -0.1) is 0 Å². The number of aromatic nitrogens is 3. The van der Waals surface area contributed by atoms with Gasteiger partial charge in [-0.05, 0) is 6.92 Å². The predicted molar refractivity (Wildman–Crippen MR) is 55.9 cm³/mol. The fourth-order valence-corrected chi connectivity index (χ4v) is 0.909. The van der Waals surface area contributed by atoms with Gasteiger partial charge in [0.05, 0.1) is 13.2 Å². The van der Waals surface area contributed by atoms with Crippen molar-refractivity contribution in [2.45, 2.75) is 12.8 Å². The molecule has 1 heterocycles. The monoisotopic (exact) mass is 249 g/mol. The number of nitrogens with two attached hydrogens (primary N) is 1.